The summed E-state index contributed by atoms with van der Waals surface area (Å²) in [7, 11) is 1.56. The second kappa shape index (κ2) is 9.64. The highest BCUT2D eigenvalue weighted by atomic mass is 19.1. The van der Waals surface area contributed by atoms with Gasteiger partial charge in [-0.3, -0.25) is 9.59 Å². The Morgan fingerprint density at radius 3 is 2.62 bits per heavy atom. The van der Waals surface area contributed by atoms with Gasteiger partial charge < -0.3 is 15.0 Å². The minimum Gasteiger partial charge on any atom is -0.497 e. The number of hydrogen-bond donors (Lipinski definition) is 1. The van der Waals surface area contributed by atoms with Gasteiger partial charge in [0.15, 0.2) is 0 Å². The molecule has 0 radical (unpaired) electrons. The fourth-order valence-corrected chi connectivity index (χ4v) is 3.98. The summed E-state index contributed by atoms with van der Waals surface area (Å²) in [6.07, 6.45) is 0.503. The fourth-order valence-electron chi connectivity index (χ4n) is 3.98. The van der Waals surface area contributed by atoms with Crippen molar-refractivity contribution in [1.29, 1.82) is 0 Å². The van der Waals surface area contributed by atoms with Crippen LogP contribution >= 0.6 is 0 Å². The van der Waals surface area contributed by atoms with Crippen LogP contribution in [0.1, 0.15) is 15.9 Å². The number of benzene rings is 3. The van der Waals surface area contributed by atoms with Crippen molar-refractivity contribution in [2.24, 2.45) is 5.92 Å². The van der Waals surface area contributed by atoms with Crippen molar-refractivity contribution in [1.82, 2.24) is 10.2 Å². The monoisotopic (exact) mass is 432 g/mol. The Morgan fingerprint density at radius 2 is 1.84 bits per heavy atom. The second-order valence-electron chi connectivity index (χ2n) is 7.88. The molecule has 32 heavy (non-hydrogen) atoms. The molecule has 0 saturated carbocycles. The van der Waals surface area contributed by atoms with Crippen molar-refractivity contribution in [2.75, 3.05) is 26.7 Å². The Hall–Kier alpha value is -3.67. The van der Waals surface area contributed by atoms with E-state index in [1.165, 1.54) is 12.1 Å². The van der Waals surface area contributed by atoms with E-state index in [4.69, 9.17) is 4.74 Å². The first-order valence-electron chi connectivity index (χ1n) is 10.6. The molecule has 1 heterocycles. The highest BCUT2D eigenvalue weighted by Crippen LogP contribution is 2.23. The van der Waals surface area contributed by atoms with E-state index in [0.717, 1.165) is 16.7 Å². The first kappa shape index (κ1) is 21.6. The molecule has 2 amide bonds. The van der Waals surface area contributed by atoms with Gasteiger partial charge in [-0.25, -0.2) is 4.39 Å². The smallest absolute Gasteiger partial charge is 0.254 e. The first-order chi connectivity index (χ1) is 15.5. The Labute approximate surface area is 186 Å². The van der Waals surface area contributed by atoms with Crippen LogP contribution in [0.2, 0.25) is 0 Å². The zero-order valence-corrected chi connectivity index (χ0v) is 17.9. The molecule has 0 aromatic heterocycles. The topological polar surface area (TPSA) is 58.6 Å². The van der Waals surface area contributed by atoms with Crippen LogP contribution in [0.15, 0.2) is 72.8 Å². The van der Waals surface area contributed by atoms with Crippen molar-refractivity contribution >= 4 is 11.8 Å². The normalized spacial score (nSPS) is 16.2. The molecule has 3 aromatic carbocycles. The SMILES string of the molecule is COc1cccc(C(=O)N2CCNC(=O)C(Cc3cccc(-c4ccc(F)cc4)c3)C2)c1. The summed E-state index contributed by atoms with van der Waals surface area (Å²) in [4.78, 5) is 27.5. The van der Waals surface area contributed by atoms with Gasteiger partial charge in [0.1, 0.15) is 11.6 Å². The third-order valence-electron chi connectivity index (χ3n) is 5.68. The minimum absolute atomic E-state index is 0.0573. The van der Waals surface area contributed by atoms with Crippen LogP contribution in [-0.2, 0) is 11.2 Å². The molecule has 0 spiro atoms. The van der Waals surface area contributed by atoms with E-state index in [2.05, 4.69) is 5.32 Å². The van der Waals surface area contributed by atoms with Crippen molar-refractivity contribution < 1.29 is 18.7 Å². The molecule has 1 unspecified atom stereocenters. The number of hydrogen-bond acceptors (Lipinski definition) is 3. The number of nitrogens with one attached hydrogen (secondary N) is 1. The Bertz CT molecular complexity index is 1110. The third-order valence-corrected chi connectivity index (χ3v) is 5.68. The van der Waals surface area contributed by atoms with Crippen molar-refractivity contribution in [2.45, 2.75) is 6.42 Å². The number of ether oxygens (including phenoxy) is 1. The molecule has 6 heteroatoms. The maximum absolute atomic E-state index is 13.3. The van der Waals surface area contributed by atoms with Gasteiger partial charge in [-0.05, 0) is 53.4 Å². The fraction of sp³-hybridized carbons (Fsp3) is 0.231. The lowest BCUT2D eigenvalue weighted by Gasteiger charge is -2.23. The summed E-state index contributed by atoms with van der Waals surface area (Å²) in [5, 5.41) is 2.93. The van der Waals surface area contributed by atoms with E-state index < -0.39 is 0 Å². The number of rotatable bonds is 5. The summed E-state index contributed by atoms with van der Waals surface area (Å²) >= 11 is 0. The molecule has 1 atom stereocenters. The van der Waals surface area contributed by atoms with E-state index in [-0.39, 0.29) is 23.5 Å². The Morgan fingerprint density at radius 1 is 1.06 bits per heavy atom. The molecule has 164 valence electrons. The molecule has 0 bridgehead atoms. The maximum Gasteiger partial charge on any atom is 0.254 e. The summed E-state index contributed by atoms with van der Waals surface area (Å²) in [6, 6.07) is 21.3. The van der Waals surface area contributed by atoms with Crippen LogP contribution in [-0.4, -0.2) is 43.5 Å². The number of nitrogens with zero attached hydrogens (tertiary/aromatic N) is 1. The largest absolute Gasteiger partial charge is 0.497 e. The molecule has 3 aromatic rings. The third kappa shape index (κ3) is 4.97. The molecule has 0 aliphatic carbocycles. The molecule has 5 nitrogen and oxygen atoms in total. The first-order valence-corrected chi connectivity index (χ1v) is 10.6. The lowest BCUT2D eigenvalue weighted by Crippen LogP contribution is -2.37. The van der Waals surface area contributed by atoms with Gasteiger partial charge in [0.05, 0.1) is 13.0 Å². The molecular formula is C26H25FN2O3. The molecule has 1 fully saturated rings. The van der Waals surface area contributed by atoms with Crippen LogP contribution < -0.4 is 10.1 Å². The van der Waals surface area contributed by atoms with Crippen LogP contribution in [0.4, 0.5) is 4.39 Å². The van der Waals surface area contributed by atoms with Crippen LogP contribution in [0.25, 0.3) is 11.1 Å². The van der Waals surface area contributed by atoms with Crippen molar-refractivity contribution in [3.8, 4) is 16.9 Å². The van der Waals surface area contributed by atoms with Gasteiger partial charge in [0, 0.05) is 25.2 Å². The number of methoxy groups -OCH3 is 1. The number of amides is 2. The van der Waals surface area contributed by atoms with Gasteiger partial charge in [0.25, 0.3) is 5.91 Å². The second-order valence-corrected chi connectivity index (χ2v) is 7.88. The van der Waals surface area contributed by atoms with E-state index in [9.17, 15) is 14.0 Å². The number of carbonyl (C=O) groups excluding carboxylic acids is 2. The minimum atomic E-state index is -0.365. The molecule has 4 rings (SSSR count). The predicted octanol–water partition coefficient (Wildman–Crippen LogP) is 3.93. The standard InChI is InChI=1S/C26H25FN2O3/c1-32-24-7-3-6-21(16-24)26(31)29-13-12-28-25(30)22(17-29)15-18-4-2-5-20(14-18)19-8-10-23(27)11-9-19/h2-11,14,16,22H,12-13,15,17H2,1H3,(H,28,30). The van der Waals surface area contributed by atoms with Gasteiger partial charge in [0.2, 0.25) is 5.91 Å². The Balaban J connectivity index is 1.52. The molecule has 1 aliphatic rings. The molecular weight excluding hydrogens is 407 g/mol. The van der Waals surface area contributed by atoms with E-state index >= 15 is 0 Å². The zero-order chi connectivity index (χ0) is 22.5. The molecule has 1 aliphatic heterocycles. The predicted molar refractivity (Wildman–Crippen MR) is 121 cm³/mol. The lowest BCUT2D eigenvalue weighted by molar-refractivity contribution is -0.124. The van der Waals surface area contributed by atoms with E-state index in [0.29, 0.717) is 37.4 Å². The summed E-state index contributed by atoms with van der Waals surface area (Å²) < 4.78 is 18.5. The number of carbonyl (C=O) groups is 2. The maximum atomic E-state index is 13.3. The number of halogens is 1. The average molecular weight is 432 g/mol. The zero-order valence-electron chi connectivity index (χ0n) is 17.9. The summed E-state index contributed by atoms with van der Waals surface area (Å²) in [5.41, 5.74) is 3.40. The highest BCUT2D eigenvalue weighted by Gasteiger charge is 2.28. The average Bonchev–Trinajstić information content (AvgIpc) is 3.00. The quantitative estimate of drug-likeness (QED) is 0.665. The van der Waals surface area contributed by atoms with Crippen molar-refractivity contribution in [3.05, 3.63) is 89.7 Å². The van der Waals surface area contributed by atoms with Gasteiger partial charge in [-0.1, -0.05) is 42.5 Å². The Kier molecular flexibility index (Phi) is 6.50. The summed E-state index contributed by atoms with van der Waals surface area (Å²) in [6.45, 7) is 1.21. The van der Waals surface area contributed by atoms with Crippen LogP contribution in [0.3, 0.4) is 0 Å². The van der Waals surface area contributed by atoms with Crippen molar-refractivity contribution in [3.63, 3.8) is 0 Å². The van der Waals surface area contributed by atoms with Gasteiger partial charge in [-0.15, -0.1) is 0 Å². The summed E-state index contributed by atoms with van der Waals surface area (Å²) in [5.74, 6) is -0.200. The van der Waals surface area contributed by atoms with E-state index in [1.54, 1.807) is 48.4 Å². The highest BCUT2D eigenvalue weighted by molar-refractivity contribution is 5.95. The molecule has 1 N–H and O–H groups in total. The van der Waals surface area contributed by atoms with E-state index in [1.807, 2.05) is 24.3 Å². The molecule has 1 saturated heterocycles. The van der Waals surface area contributed by atoms with Gasteiger partial charge in [-0.2, -0.15) is 0 Å². The van der Waals surface area contributed by atoms with Crippen LogP contribution in [0, 0.1) is 11.7 Å². The van der Waals surface area contributed by atoms with Gasteiger partial charge >= 0.3 is 0 Å². The van der Waals surface area contributed by atoms with Crippen LogP contribution in [0.5, 0.6) is 5.75 Å². The lowest BCUT2D eigenvalue weighted by atomic mass is 9.95.